The van der Waals surface area contributed by atoms with Crippen LogP contribution in [0.1, 0.15) is 10.4 Å². The molecule has 0 spiro atoms. The Balaban J connectivity index is 1.95. The van der Waals surface area contributed by atoms with Crippen molar-refractivity contribution < 1.29 is 4.79 Å². The Labute approximate surface area is 136 Å². The van der Waals surface area contributed by atoms with E-state index in [2.05, 4.69) is 15.8 Å². The van der Waals surface area contributed by atoms with Gasteiger partial charge in [0.05, 0.1) is 16.6 Å². The molecular formula is C16H15N5O3. The minimum atomic E-state index is -0.494. The van der Waals surface area contributed by atoms with Crippen LogP contribution in [-0.4, -0.2) is 20.0 Å². The third kappa shape index (κ3) is 2.65. The van der Waals surface area contributed by atoms with Crippen LogP contribution < -0.4 is 22.1 Å². The van der Waals surface area contributed by atoms with Gasteiger partial charge in [0.15, 0.2) is 0 Å². The Kier molecular flexibility index (Phi) is 3.87. The number of para-hydroxylation sites is 1. The van der Waals surface area contributed by atoms with E-state index in [1.165, 1.54) is 30.9 Å². The molecule has 0 aliphatic rings. The summed E-state index contributed by atoms with van der Waals surface area (Å²) in [5, 5.41) is 0.201. The van der Waals surface area contributed by atoms with Crippen molar-refractivity contribution in [2.75, 3.05) is 5.43 Å². The van der Waals surface area contributed by atoms with Gasteiger partial charge in [0.25, 0.3) is 11.5 Å². The second kappa shape index (κ2) is 5.99. The molecule has 122 valence electrons. The standard InChI is InChI=1S/C16H15N5O3/c1-20-13-12(15(23)21(2)16(20)24)8-10(9-17-13)14(22)19-18-11-6-4-3-5-7-11/h3-9,18H,1-2H3,(H,19,22). The molecule has 3 aromatic rings. The molecule has 2 aromatic heterocycles. The minimum absolute atomic E-state index is 0.201. The molecule has 0 unspecified atom stereocenters. The number of rotatable bonds is 3. The predicted octanol–water partition coefficient (Wildman–Crippen LogP) is 0.389. The zero-order valence-electron chi connectivity index (χ0n) is 13.1. The normalized spacial score (nSPS) is 10.6. The van der Waals surface area contributed by atoms with Gasteiger partial charge in [-0.2, -0.15) is 0 Å². The van der Waals surface area contributed by atoms with Crippen LogP contribution in [0, 0.1) is 0 Å². The average molecular weight is 325 g/mol. The number of pyridine rings is 1. The molecule has 2 heterocycles. The first kappa shape index (κ1) is 15.5. The number of aromatic nitrogens is 3. The Morgan fingerprint density at radius 1 is 1.08 bits per heavy atom. The minimum Gasteiger partial charge on any atom is -0.298 e. The van der Waals surface area contributed by atoms with Gasteiger partial charge >= 0.3 is 5.69 Å². The van der Waals surface area contributed by atoms with Gasteiger partial charge in [0.1, 0.15) is 5.65 Å². The van der Waals surface area contributed by atoms with Crippen molar-refractivity contribution in [3.8, 4) is 0 Å². The molecule has 2 N–H and O–H groups in total. The van der Waals surface area contributed by atoms with E-state index >= 15 is 0 Å². The monoisotopic (exact) mass is 325 g/mol. The second-order valence-corrected chi connectivity index (χ2v) is 5.25. The number of hydrogen-bond donors (Lipinski definition) is 2. The molecule has 0 aliphatic carbocycles. The quantitative estimate of drug-likeness (QED) is 0.679. The summed E-state index contributed by atoms with van der Waals surface area (Å²) in [7, 11) is 2.90. The first-order valence-electron chi connectivity index (χ1n) is 7.16. The topological polar surface area (TPSA) is 98.0 Å². The van der Waals surface area contributed by atoms with Crippen molar-refractivity contribution in [3.05, 3.63) is 69.0 Å². The number of aryl methyl sites for hydroxylation is 1. The molecule has 0 aliphatic heterocycles. The van der Waals surface area contributed by atoms with Gasteiger partial charge in [-0.05, 0) is 18.2 Å². The fourth-order valence-electron chi connectivity index (χ4n) is 2.31. The molecule has 0 radical (unpaired) electrons. The molecule has 0 fully saturated rings. The van der Waals surface area contributed by atoms with Crippen LogP contribution in [0.3, 0.4) is 0 Å². The van der Waals surface area contributed by atoms with E-state index in [0.29, 0.717) is 0 Å². The number of hydrogen-bond acceptors (Lipinski definition) is 5. The maximum Gasteiger partial charge on any atom is 0.332 e. The molecule has 1 aromatic carbocycles. The summed E-state index contributed by atoms with van der Waals surface area (Å²) in [5.74, 6) is -0.441. The molecule has 1 amide bonds. The van der Waals surface area contributed by atoms with Gasteiger partial charge in [0, 0.05) is 20.3 Å². The van der Waals surface area contributed by atoms with Crippen LogP contribution in [0.25, 0.3) is 11.0 Å². The first-order chi connectivity index (χ1) is 11.5. The predicted molar refractivity (Wildman–Crippen MR) is 89.8 cm³/mol. The maximum atomic E-state index is 12.2. The lowest BCUT2D eigenvalue weighted by atomic mass is 10.2. The average Bonchev–Trinajstić information content (AvgIpc) is 2.63. The first-order valence-corrected chi connectivity index (χ1v) is 7.16. The molecular weight excluding hydrogens is 310 g/mol. The third-order valence-electron chi connectivity index (χ3n) is 3.65. The fraction of sp³-hybridized carbons (Fsp3) is 0.125. The van der Waals surface area contributed by atoms with Crippen LogP contribution in [-0.2, 0) is 14.1 Å². The van der Waals surface area contributed by atoms with Gasteiger partial charge in [-0.15, -0.1) is 0 Å². The number of benzene rings is 1. The van der Waals surface area contributed by atoms with E-state index in [4.69, 9.17) is 0 Å². The summed E-state index contributed by atoms with van der Waals surface area (Å²) >= 11 is 0. The summed E-state index contributed by atoms with van der Waals surface area (Å²) in [6.07, 6.45) is 1.32. The molecule has 0 saturated heterocycles. The molecule has 8 heteroatoms. The lowest BCUT2D eigenvalue weighted by Gasteiger charge is -2.10. The second-order valence-electron chi connectivity index (χ2n) is 5.25. The number of amides is 1. The number of nitrogens with one attached hydrogen (secondary N) is 2. The lowest BCUT2D eigenvalue weighted by Crippen LogP contribution is -2.37. The fourth-order valence-corrected chi connectivity index (χ4v) is 2.31. The van der Waals surface area contributed by atoms with Crippen molar-refractivity contribution in [2.45, 2.75) is 0 Å². The SMILES string of the molecule is Cn1c(=O)c2cc(C(=O)NNc3ccccc3)cnc2n(C)c1=O. The largest absolute Gasteiger partial charge is 0.332 e. The molecule has 0 bridgehead atoms. The number of hydrazine groups is 1. The maximum absolute atomic E-state index is 12.2. The zero-order valence-corrected chi connectivity index (χ0v) is 13.1. The Hall–Kier alpha value is -3.42. The van der Waals surface area contributed by atoms with E-state index < -0.39 is 17.2 Å². The van der Waals surface area contributed by atoms with E-state index in [-0.39, 0.29) is 16.6 Å². The van der Waals surface area contributed by atoms with Crippen LogP contribution in [0.4, 0.5) is 5.69 Å². The molecule has 8 nitrogen and oxygen atoms in total. The molecule has 0 atom stereocenters. The number of carbonyl (C=O) groups is 1. The summed E-state index contributed by atoms with van der Waals surface area (Å²) in [4.78, 5) is 40.4. The number of fused-ring (bicyclic) bond motifs is 1. The van der Waals surface area contributed by atoms with E-state index in [0.717, 1.165) is 10.3 Å². The van der Waals surface area contributed by atoms with Gasteiger partial charge in [-0.25, -0.2) is 9.78 Å². The summed E-state index contributed by atoms with van der Waals surface area (Å²) < 4.78 is 2.24. The highest BCUT2D eigenvalue weighted by molar-refractivity contribution is 5.97. The number of anilines is 1. The Morgan fingerprint density at radius 3 is 2.50 bits per heavy atom. The van der Waals surface area contributed by atoms with Crippen molar-refractivity contribution in [1.82, 2.24) is 19.5 Å². The molecule has 3 rings (SSSR count). The summed E-state index contributed by atoms with van der Waals surface area (Å²) in [6.45, 7) is 0. The van der Waals surface area contributed by atoms with Crippen LogP contribution >= 0.6 is 0 Å². The van der Waals surface area contributed by atoms with Crippen molar-refractivity contribution >= 4 is 22.6 Å². The van der Waals surface area contributed by atoms with Gasteiger partial charge < -0.3 is 0 Å². The highest BCUT2D eigenvalue weighted by Gasteiger charge is 2.13. The summed E-state index contributed by atoms with van der Waals surface area (Å²) in [5.41, 5.74) is 5.50. The Bertz CT molecular complexity index is 1040. The zero-order chi connectivity index (χ0) is 17.3. The van der Waals surface area contributed by atoms with Crippen molar-refractivity contribution in [2.24, 2.45) is 14.1 Å². The lowest BCUT2D eigenvalue weighted by molar-refractivity contribution is 0.0962. The van der Waals surface area contributed by atoms with Gasteiger partial charge in [-0.3, -0.25) is 29.6 Å². The van der Waals surface area contributed by atoms with Crippen LogP contribution in [0.2, 0.25) is 0 Å². The highest BCUT2D eigenvalue weighted by Crippen LogP contribution is 2.08. The van der Waals surface area contributed by atoms with Crippen LogP contribution in [0.5, 0.6) is 0 Å². The van der Waals surface area contributed by atoms with E-state index in [9.17, 15) is 14.4 Å². The van der Waals surface area contributed by atoms with Crippen molar-refractivity contribution in [1.29, 1.82) is 0 Å². The van der Waals surface area contributed by atoms with E-state index in [1.807, 2.05) is 18.2 Å². The van der Waals surface area contributed by atoms with Crippen LogP contribution in [0.15, 0.2) is 52.2 Å². The Morgan fingerprint density at radius 2 is 1.79 bits per heavy atom. The number of carbonyl (C=O) groups excluding carboxylic acids is 1. The van der Waals surface area contributed by atoms with Gasteiger partial charge in [0.2, 0.25) is 0 Å². The van der Waals surface area contributed by atoms with Gasteiger partial charge in [-0.1, -0.05) is 18.2 Å². The third-order valence-corrected chi connectivity index (χ3v) is 3.65. The highest BCUT2D eigenvalue weighted by atomic mass is 16.2. The summed E-state index contributed by atoms with van der Waals surface area (Å²) in [6, 6.07) is 10.5. The smallest absolute Gasteiger partial charge is 0.298 e. The van der Waals surface area contributed by atoms with E-state index in [1.54, 1.807) is 12.1 Å². The number of nitrogens with zero attached hydrogens (tertiary/aromatic N) is 3. The molecule has 24 heavy (non-hydrogen) atoms. The molecule has 0 saturated carbocycles. The van der Waals surface area contributed by atoms with Crippen molar-refractivity contribution in [3.63, 3.8) is 0 Å².